The Bertz CT molecular complexity index is 629. The topological polar surface area (TPSA) is 182 Å². The van der Waals surface area contributed by atoms with Gasteiger partial charge in [0.1, 0.15) is 0 Å². The average molecular weight is 416 g/mol. The molecule has 0 fully saturated rings. The summed E-state index contributed by atoms with van der Waals surface area (Å²) in [5, 5.41) is 52.3. The summed E-state index contributed by atoms with van der Waals surface area (Å²) in [6.45, 7) is 5.46. The van der Waals surface area contributed by atoms with Crippen LogP contribution in [0.5, 0.6) is 5.75 Å². The molecule has 1 aromatic rings. The molecule has 0 amide bonds. The minimum Gasteiger partial charge on any atom is -0.497 e. The monoisotopic (exact) mass is 416 g/mol. The molecular weight excluding hydrogens is 388 g/mol. The molecule has 1 aromatic carbocycles. The number of benzene rings is 1. The van der Waals surface area contributed by atoms with E-state index in [1.807, 2.05) is 0 Å². The van der Waals surface area contributed by atoms with Crippen molar-refractivity contribution >= 4 is 17.1 Å². The molecule has 29 heavy (non-hydrogen) atoms. The smallest absolute Gasteiger partial charge is 0.324 e. The average Bonchev–Trinajstić information content (AvgIpc) is 2.67. The van der Waals surface area contributed by atoms with E-state index in [1.54, 1.807) is 0 Å². The lowest BCUT2D eigenvalue weighted by atomic mass is 10.0. The molecule has 0 bridgehead atoms. The summed E-state index contributed by atoms with van der Waals surface area (Å²) >= 11 is 0. The SMILES string of the molecule is CCCCC(CCCC)NCCO.O=[N+]([O-])c1cc([N+](=O)[O-])c(O)c([N+](=O)[O-])c1. The minimum absolute atomic E-state index is 0.259. The fraction of sp³-hybridized carbons (Fsp3) is 0.647. The van der Waals surface area contributed by atoms with Crippen LogP contribution in [0.1, 0.15) is 52.4 Å². The Morgan fingerprint density at radius 3 is 1.69 bits per heavy atom. The molecule has 3 N–H and O–H groups in total. The molecule has 0 aromatic heterocycles. The molecule has 0 heterocycles. The number of hydrogen-bond acceptors (Lipinski definition) is 9. The van der Waals surface area contributed by atoms with Gasteiger partial charge in [0, 0.05) is 12.6 Å². The van der Waals surface area contributed by atoms with E-state index in [0.717, 1.165) is 6.54 Å². The number of hydrogen-bond donors (Lipinski definition) is 3. The molecule has 0 spiro atoms. The number of aliphatic hydroxyl groups excluding tert-OH is 1. The van der Waals surface area contributed by atoms with Gasteiger partial charge in [-0.25, -0.2) is 0 Å². The molecule has 0 atom stereocenters. The number of nitro benzene ring substituents is 3. The molecular formula is C17H28N4O8. The standard InChI is InChI=1S/C11H25NO.C6H3N3O7/c1-3-5-7-11(8-6-4-2)12-9-10-13;10-6-4(8(13)14)1-3(7(11)12)2-5(6)9(15)16/h11-13H,3-10H2,1-2H3;1-2,10H. The second-order valence-corrected chi connectivity index (χ2v) is 6.26. The molecule has 0 saturated carbocycles. The van der Waals surface area contributed by atoms with Crippen molar-refractivity contribution in [1.29, 1.82) is 0 Å². The number of nitrogens with one attached hydrogen (secondary N) is 1. The van der Waals surface area contributed by atoms with Gasteiger partial charge in [0.05, 0.1) is 33.5 Å². The van der Waals surface area contributed by atoms with Crippen molar-refractivity contribution < 1.29 is 25.0 Å². The van der Waals surface area contributed by atoms with Crippen LogP contribution in [0.25, 0.3) is 0 Å². The number of unbranched alkanes of at least 4 members (excludes halogenated alkanes) is 2. The van der Waals surface area contributed by atoms with Crippen LogP contribution in [-0.2, 0) is 0 Å². The maximum Gasteiger partial charge on any atom is 0.324 e. The van der Waals surface area contributed by atoms with Gasteiger partial charge in [0.2, 0.25) is 0 Å². The quantitative estimate of drug-likeness (QED) is 0.339. The second kappa shape index (κ2) is 14.2. The van der Waals surface area contributed by atoms with Gasteiger partial charge in [-0.2, -0.15) is 0 Å². The van der Waals surface area contributed by atoms with Crippen LogP contribution in [-0.4, -0.2) is 44.2 Å². The van der Waals surface area contributed by atoms with Crippen LogP contribution < -0.4 is 5.32 Å². The Kier molecular flexibility index (Phi) is 12.8. The van der Waals surface area contributed by atoms with Crippen molar-refractivity contribution in [3.8, 4) is 5.75 Å². The Morgan fingerprint density at radius 1 is 0.931 bits per heavy atom. The molecule has 0 unspecified atom stereocenters. The fourth-order valence-electron chi connectivity index (χ4n) is 2.49. The Morgan fingerprint density at radius 2 is 1.38 bits per heavy atom. The zero-order valence-electron chi connectivity index (χ0n) is 16.6. The predicted molar refractivity (Wildman–Crippen MR) is 106 cm³/mol. The first-order chi connectivity index (χ1) is 13.7. The highest BCUT2D eigenvalue weighted by Gasteiger charge is 2.30. The first-order valence-corrected chi connectivity index (χ1v) is 9.33. The lowest BCUT2D eigenvalue weighted by Crippen LogP contribution is -2.31. The maximum absolute atomic E-state index is 10.4. The lowest BCUT2D eigenvalue weighted by Gasteiger charge is -2.17. The normalized spacial score (nSPS) is 10.3. The van der Waals surface area contributed by atoms with Gasteiger partial charge >= 0.3 is 11.4 Å². The van der Waals surface area contributed by atoms with Crippen LogP contribution in [0.2, 0.25) is 0 Å². The predicted octanol–water partition coefficient (Wildman–Crippen LogP) is 3.43. The van der Waals surface area contributed by atoms with Gasteiger partial charge in [0.25, 0.3) is 11.4 Å². The molecule has 12 heteroatoms. The van der Waals surface area contributed by atoms with Crippen molar-refractivity contribution in [2.45, 2.75) is 58.4 Å². The van der Waals surface area contributed by atoms with Crippen LogP contribution in [0, 0.1) is 30.3 Å². The summed E-state index contributed by atoms with van der Waals surface area (Å²) in [4.78, 5) is 27.8. The van der Waals surface area contributed by atoms with Crippen LogP contribution in [0.4, 0.5) is 17.1 Å². The zero-order valence-corrected chi connectivity index (χ0v) is 16.6. The summed E-state index contributed by atoms with van der Waals surface area (Å²) in [7, 11) is 0. The van der Waals surface area contributed by atoms with Gasteiger partial charge in [-0.15, -0.1) is 0 Å². The molecule has 1 rings (SSSR count). The van der Waals surface area contributed by atoms with E-state index in [2.05, 4.69) is 19.2 Å². The number of rotatable bonds is 12. The molecule has 164 valence electrons. The second-order valence-electron chi connectivity index (χ2n) is 6.26. The maximum atomic E-state index is 10.4. The molecule has 0 aliphatic carbocycles. The third kappa shape index (κ3) is 9.76. The van der Waals surface area contributed by atoms with E-state index in [0.29, 0.717) is 18.2 Å². The van der Waals surface area contributed by atoms with Gasteiger partial charge in [-0.1, -0.05) is 39.5 Å². The number of nitrogens with zero attached hydrogens (tertiary/aromatic N) is 3. The van der Waals surface area contributed by atoms with Gasteiger partial charge in [0.15, 0.2) is 0 Å². The summed E-state index contributed by atoms with van der Waals surface area (Å²) in [5.74, 6) is -1.21. The molecule has 0 radical (unpaired) electrons. The van der Waals surface area contributed by atoms with E-state index in [-0.39, 0.29) is 6.61 Å². The fourth-order valence-corrected chi connectivity index (χ4v) is 2.49. The van der Waals surface area contributed by atoms with Crippen molar-refractivity contribution in [1.82, 2.24) is 5.32 Å². The van der Waals surface area contributed by atoms with E-state index in [1.165, 1.54) is 38.5 Å². The Labute approximate surface area is 168 Å². The summed E-state index contributed by atoms with van der Waals surface area (Å²) in [6.07, 6.45) is 7.65. The molecule has 12 nitrogen and oxygen atoms in total. The Hall–Kier alpha value is -2.86. The van der Waals surface area contributed by atoms with Crippen molar-refractivity contribution in [3.63, 3.8) is 0 Å². The van der Waals surface area contributed by atoms with Crippen molar-refractivity contribution in [2.75, 3.05) is 13.2 Å². The summed E-state index contributed by atoms with van der Waals surface area (Å²) < 4.78 is 0. The van der Waals surface area contributed by atoms with Crippen LogP contribution in [0.3, 0.4) is 0 Å². The van der Waals surface area contributed by atoms with Crippen LogP contribution in [0.15, 0.2) is 12.1 Å². The van der Waals surface area contributed by atoms with Crippen LogP contribution >= 0.6 is 0 Å². The number of phenols is 1. The van der Waals surface area contributed by atoms with Gasteiger partial charge < -0.3 is 15.5 Å². The zero-order chi connectivity index (χ0) is 22.4. The van der Waals surface area contributed by atoms with Crippen molar-refractivity contribution in [2.24, 2.45) is 0 Å². The van der Waals surface area contributed by atoms with E-state index in [4.69, 9.17) is 10.2 Å². The first kappa shape index (κ1) is 26.1. The summed E-state index contributed by atoms with van der Waals surface area (Å²) in [5.41, 5.74) is -3.00. The van der Waals surface area contributed by atoms with Gasteiger partial charge in [-0.3, -0.25) is 30.3 Å². The summed E-state index contributed by atoms with van der Waals surface area (Å²) in [6, 6.07) is 1.53. The lowest BCUT2D eigenvalue weighted by molar-refractivity contribution is -0.404. The number of aromatic hydroxyl groups is 1. The van der Waals surface area contributed by atoms with E-state index in [9.17, 15) is 30.3 Å². The third-order valence-electron chi connectivity index (χ3n) is 4.02. The number of phenolic OH excluding ortho intramolecular Hbond substituents is 1. The first-order valence-electron chi connectivity index (χ1n) is 9.33. The van der Waals surface area contributed by atoms with E-state index < -0.39 is 37.6 Å². The van der Waals surface area contributed by atoms with E-state index >= 15 is 0 Å². The molecule has 0 saturated heterocycles. The highest BCUT2D eigenvalue weighted by Crippen LogP contribution is 2.38. The minimum atomic E-state index is -1.21. The highest BCUT2D eigenvalue weighted by atomic mass is 16.6. The molecule has 0 aliphatic rings. The third-order valence-corrected chi connectivity index (χ3v) is 4.02. The number of non-ortho nitro benzene ring substituents is 1. The number of aliphatic hydroxyl groups is 1. The highest BCUT2D eigenvalue weighted by molar-refractivity contribution is 5.64. The largest absolute Gasteiger partial charge is 0.497 e. The Balaban J connectivity index is 0.000000555. The van der Waals surface area contributed by atoms with Gasteiger partial charge in [-0.05, 0) is 12.8 Å². The van der Waals surface area contributed by atoms with Crippen molar-refractivity contribution in [3.05, 3.63) is 42.5 Å². The molecule has 0 aliphatic heterocycles. The number of nitro groups is 3.